The van der Waals surface area contributed by atoms with Gasteiger partial charge in [-0.05, 0) is 80.8 Å². The van der Waals surface area contributed by atoms with Crippen molar-refractivity contribution in [2.75, 3.05) is 32.1 Å². The third kappa shape index (κ3) is 6.15. The SMILES string of the molecule is COc1ccc2ncc(CF)c(CCCC3(C(O)CCNc4cc(F)c(F)c(F)c4)CCNCC3)c2c1. The highest BCUT2D eigenvalue weighted by molar-refractivity contribution is 5.84. The van der Waals surface area contributed by atoms with E-state index in [2.05, 4.69) is 15.6 Å². The predicted octanol–water partition coefficient (Wildman–Crippen LogP) is 5.69. The summed E-state index contributed by atoms with van der Waals surface area (Å²) in [5, 5.41) is 18.3. The first-order valence-corrected chi connectivity index (χ1v) is 12.6. The number of hydrogen-bond donors (Lipinski definition) is 3. The number of pyridine rings is 1. The van der Waals surface area contributed by atoms with Crippen molar-refractivity contribution in [1.82, 2.24) is 10.3 Å². The summed E-state index contributed by atoms with van der Waals surface area (Å²) in [7, 11) is 1.59. The Balaban J connectivity index is 1.44. The molecule has 5 nitrogen and oxygen atoms in total. The fraction of sp³-hybridized carbons (Fsp3) is 0.464. The molecule has 0 saturated carbocycles. The summed E-state index contributed by atoms with van der Waals surface area (Å²) in [6.07, 6.45) is 5.02. The minimum absolute atomic E-state index is 0.127. The number of aliphatic hydroxyl groups is 1. The van der Waals surface area contributed by atoms with E-state index in [0.717, 1.165) is 67.4 Å². The van der Waals surface area contributed by atoms with Crippen molar-refractivity contribution < 1.29 is 27.4 Å². The molecule has 1 saturated heterocycles. The molecule has 2 heterocycles. The molecule has 1 aliphatic heterocycles. The molecule has 37 heavy (non-hydrogen) atoms. The number of aliphatic hydroxyl groups excluding tert-OH is 1. The maximum atomic E-state index is 13.8. The first kappa shape index (κ1) is 27.1. The van der Waals surface area contributed by atoms with Crippen LogP contribution in [-0.4, -0.2) is 42.9 Å². The Morgan fingerprint density at radius 1 is 1.14 bits per heavy atom. The number of halogens is 4. The lowest BCUT2D eigenvalue weighted by molar-refractivity contribution is -0.00988. The number of nitrogens with one attached hydrogen (secondary N) is 2. The largest absolute Gasteiger partial charge is 0.497 e. The third-order valence-corrected chi connectivity index (χ3v) is 7.56. The van der Waals surface area contributed by atoms with Crippen molar-refractivity contribution in [3.8, 4) is 5.75 Å². The number of rotatable bonds is 11. The van der Waals surface area contributed by atoms with Crippen LogP contribution >= 0.6 is 0 Å². The summed E-state index contributed by atoms with van der Waals surface area (Å²) in [5.41, 5.74) is 2.05. The van der Waals surface area contributed by atoms with Crippen LogP contribution in [0, 0.1) is 22.9 Å². The second-order valence-corrected chi connectivity index (χ2v) is 9.73. The molecule has 1 atom stereocenters. The molecule has 0 bridgehead atoms. The van der Waals surface area contributed by atoms with Gasteiger partial charge in [-0.2, -0.15) is 0 Å². The number of ether oxygens (including phenoxy) is 1. The second kappa shape index (κ2) is 12.1. The van der Waals surface area contributed by atoms with Gasteiger partial charge in [-0.15, -0.1) is 0 Å². The van der Waals surface area contributed by atoms with E-state index < -0.39 is 30.2 Å². The van der Waals surface area contributed by atoms with Crippen molar-refractivity contribution in [2.45, 2.75) is 51.3 Å². The van der Waals surface area contributed by atoms with Crippen LogP contribution in [0.15, 0.2) is 36.5 Å². The zero-order valence-electron chi connectivity index (χ0n) is 20.9. The van der Waals surface area contributed by atoms with Gasteiger partial charge in [-0.3, -0.25) is 4.98 Å². The van der Waals surface area contributed by atoms with Gasteiger partial charge in [0, 0.05) is 41.5 Å². The van der Waals surface area contributed by atoms with Gasteiger partial charge in [0.25, 0.3) is 0 Å². The van der Waals surface area contributed by atoms with Crippen molar-refractivity contribution in [3.63, 3.8) is 0 Å². The number of anilines is 1. The highest BCUT2D eigenvalue weighted by atomic mass is 19.2. The van der Waals surface area contributed by atoms with E-state index in [-0.39, 0.29) is 17.6 Å². The fourth-order valence-corrected chi connectivity index (χ4v) is 5.41. The molecular weight excluding hydrogens is 486 g/mol. The summed E-state index contributed by atoms with van der Waals surface area (Å²) in [4.78, 5) is 4.38. The number of nitrogens with zero attached hydrogens (tertiary/aromatic N) is 1. The molecule has 1 aromatic heterocycles. The Bertz CT molecular complexity index is 1190. The quantitative estimate of drug-likeness (QED) is 0.225. The van der Waals surface area contributed by atoms with Gasteiger partial charge in [0.15, 0.2) is 17.5 Å². The van der Waals surface area contributed by atoms with Crippen LogP contribution in [0.5, 0.6) is 5.75 Å². The lowest BCUT2D eigenvalue weighted by Crippen LogP contribution is -2.45. The minimum atomic E-state index is -1.50. The van der Waals surface area contributed by atoms with E-state index in [1.54, 1.807) is 13.3 Å². The smallest absolute Gasteiger partial charge is 0.194 e. The average molecular weight is 520 g/mol. The molecule has 0 aliphatic carbocycles. The van der Waals surface area contributed by atoms with Crippen LogP contribution < -0.4 is 15.4 Å². The topological polar surface area (TPSA) is 66.4 Å². The first-order valence-electron chi connectivity index (χ1n) is 12.6. The zero-order valence-corrected chi connectivity index (χ0v) is 20.9. The van der Waals surface area contributed by atoms with Crippen LogP contribution in [0.3, 0.4) is 0 Å². The molecular formula is C28H33F4N3O2. The maximum absolute atomic E-state index is 13.8. The van der Waals surface area contributed by atoms with E-state index in [1.165, 1.54) is 0 Å². The van der Waals surface area contributed by atoms with Crippen LogP contribution in [-0.2, 0) is 13.1 Å². The third-order valence-electron chi connectivity index (χ3n) is 7.56. The molecule has 3 aromatic rings. The Morgan fingerprint density at radius 2 is 1.86 bits per heavy atom. The molecule has 9 heteroatoms. The number of piperidine rings is 1. The normalized spacial score (nSPS) is 16.1. The van der Waals surface area contributed by atoms with Crippen LogP contribution in [0.1, 0.15) is 43.2 Å². The zero-order chi connectivity index (χ0) is 26.4. The van der Waals surface area contributed by atoms with E-state index >= 15 is 0 Å². The molecule has 200 valence electrons. The number of fused-ring (bicyclic) bond motifs is 1. The number of alkyl halides is 1. The molecule has 1 unspecified atom stereocenters. The van der Waals surface area contributed by atoms with Crippen LogP contribution in [0.4, 0.5) is 23.2 Å². The predicted molar refractivity (Wildman–Crippen MR) is 136 cm³/mol. The Hall–Kier alpha value is -2.91. The van der Waals surface area contributed by atoms with Crippen molar-refractivity contribution in [1.29, 1.82) is 0 Å². The molecule has 1 aliphatic rings. The first-order chi connectivity index (χ1) is 17.9. The monoisotopic (exact) mass is 519 g/mol. The highest BCUT2D eigenvalue weighted by Gasteiger charge is 2.38. The van der Waals surface area contributed by atoms with Gasteiger partial charge in [0.2, 0.25) is 0 Å². The van der Waals surface area contributed by atoms with Crippen molar-refractivity contribution in [2.24, 2.45) is 5.41 Å². The van der Waals surface area contributed by atoms with Crippen molar-refractivity contribution >= 4 is 16.6 Å². The Kier molecular flexibility index (Phi) is 8.87. The average Bonchev–Trinajstić information content (AvgIpc) is 2.91. The Labute approximate surface area is 214 Å². The molecule has 4 rings (SSSR count). The number of aromatic nitrogens is 1. The fourth-order valence-electron chi connectivity index (χ4n) is 5.41. The van der Waals surface area contributed by atoms with Crippen LogP contribution in [0.25, 0.3) is 10.9 Å². The number of aryl methyl sites for hydroxylation is 1. The van der Waals surface area contributed by atoms with E-state index in [9.17, 15) is 22.7 Å². The van der Waals surface area contributed by atoms with Gasteiger partial charge >= 0.3 is 0 Å². The van der Waals surface area contributed by atoms with Crippen molar-refractivity contribution in [3.05, 3.63) is 65.1 Å². The Morgan fingerprint density at radius 3 is 2.54 bits per heavy atom. The number of hydrogen-bond acceptors (Lipinski definition) is 5. The number of methoxy groups -OCH3 is 1. The molecule has 1 fully saturated rings. The summed E-state index contributed by atoms with van der Waals surface area (Å²) in [6, 6.07) is 7.39. The highest BCUT2D eigenvalue weighted by Crippen LogP contribution is 2.40. The van der Waals surface area contributed by atoms with Gasteiger partial charge in [-0.1, -0.05) is 0 Å². The van der Waals surface area contributed by atoms with Gasteiger partial charge < -0.3 is 20.5 Å². The lowest BCUT2D eigenvalue weighted by Gasteiger charge is -2.42. The van der Waals surface area contributed by atoms with Gasteiger partial charge in [0.1, 0.15) is 12.4 Å². The molecule has 0 radical (unpaired) electrons. The minimum Gasteiger partial charge on any atom is -0.497 e. The summed E-state index contributed by atoms with van der Waals surface area (Å²) in [6.45, 7) is 1.24. The summed E-state index contributed by atoms with van der Waals surface area (Å²) in [5.74, 6) is -3.33. The molecule has 2 aromatic carbocycles. The summed E-state index contributed by atoms with van der Waals surface area (Å²) >= 11 is 0. The maximum Gasteiger partial charge on any atom is 0.194 e. The van der Waals surface area contributed by atoms with Gasteiger partial charge in [-0.25, -0.2) is 17.6 Å². The summed E-state index contributed by atoms with van der Waals surface area (Å²) < 4.78 is 59.4. The van der Waals surface area contributed by atoms with Crippen LogP contribution in [0.2, 0.25) is 0 Å². The molecule has 0 spiro atoms. The lowest BCUT2D eigenvalue weighted by atomic mass is 9.69. The van der Waals surface area contributed by atoms with E-state index in [4.69, 9.17) is 4.74 Å². The number of benzene rings is 2. The van der Waals surface area contributed by atoms with Gasteiger partial charge in [0.05, 0.1) is 18.7 Å². The standard InChI is InChI=1S/C28H33F4N3O2/c1-37-20-4-5-25-22(15-20)21(18(16-29)17-35-25)3-2-7-28(8-11-33-12-9-28)26(36)6-10-34-19-13-23(30)27(32)24(31)14-19/h4-5,13-15,17,26,33-34,36H,2-3,6-12,16H2,1H3. The van der Waals surface area contributed by atoms with E-state index in [1.807, 2.05) is 18.2 Å². The van der Waals surface area contributed by atoms with E-state index in [0.29, 0.717) is 24.2 Å². The molecule has 0 amide bonds. The second-order valence-electron chi connectivity index (χ2n) is 9.73. The molecule has 3 N–H and O–H groups in total.